The van der Waals surface area contributed by atoms with Gasteiger partial charge in [0.25, 0.3) is 6.43 Å². The van der Waals surface area contributed by atoms with E-state index in [0.717, 1.165) is 4.90 Å². The molecule has 1 rings (SSSR count). The molecule has 0 aliphatic heterocycles. The van der Waals surface area contributed by atoms with Crippen molar-refractivity contribution < 1.29 is 27.9 Å². The monoisotopic (exact) mass is 276 g/mol. The second-order valence-electron chi connectivity index (χ2n) is 3.92. The molecule has 1 aromatic heterocycles. The number of hydrogen-bond donors (Lipinski definition) is 2. The number of carboxylic acid groups (broad SMARTS) is 1. The molecule has 0 radical (unpaired) electrons. The van der Waals surface area contributed by atoms with E-state index in [1.54, 1.807) is 0 Å². The number of aromatic carboxylic acids is 1. The number of carboxylic acids is 1. The summed E-state index contributed by atoms with van der Waals surface area (Å²) in [7, 11) is 1.23. The largest absolute Gasteiger partial charge is 0.478 e. The van der Waals surface area contributed by atoms with Gasteiger partial charge < -0.3 is 19.7 Å². The Morgan fingerprint density at radius 1 is 1.53 bits per heavy atom. The molecule has 0 atom stereocenters. The first-order valence-electron chi connectivity index (χ1n) is 5.41. The van der Waals surface area contributed by atoms with Gasteiger partial charge in [0, 0.05) is 7.05 Å². The van der Waals surface area contributed by atoms with Crippen LogP contribution in [0.3, 0.4) is 0 Å². The quantitative estimate of drug-likeness (QED) is 0.857. The van der Waals surface area contributed by atoms with E-state index in [1.807, 2.05) is 0 Å². The summed E-state index contributed by atoms with van der Waals surface area (Å²) >= 11 is 0. The number of halogens is 2. The van der Waals surface area contributed by atoms with E-state index in [4.69, 9.17) is 9.52 Å². The molecule has 1 heterocycles. The molecule has 8 heteroatoms. The van der Waals surface area contributed by atoms with Gasteiger partial charge in [0.15, 0.2) is 0 Å². The molecule has 0 fully saturated rings. The second-order valence-corrected chi connectivity index (χ2v) is 3.92. The van der Waals surface area contributed by atoms with Crippen LogP contribution in [0.25, 0.3) is 0 Å². The van der Waals surface area contributed by atoms with Gasteiger partial charge >= 0.3 is 12.0 Å². The molecule has 0 aromatic carbocycles. The average molecular weight is 276 g/mol. The predicted molar refractivity (Wildman–Crippen MR) is 61.3 cm³/mol. The van der Waals surface area contributed by atoms with Crippen LogP contribution >= 0.6 is 0 Å². The fraction of sp³-hybridized carbons (Fsp3) is 0.455. The third kappa shape index (κ3) is 4.23. The SMILES string of the molecule is Cc1oc(CNC(=O)N(C)CC(F)F)cc1C(=O)O. The van der Waals surface area contributed by atoms with Crippen molar-refractivity contribution in [2.45, 2.75) is 19.9 Å². The van der Waals surface area contributed by atoms with E-state index in [2.05, 4.69) is 5.32 Å². The Balaban J connectivity index is 2.55. The van der Waals surface area contributed by atoms with Crippen molar-refractivity contribution in [3.63, 3.8) is 0 Å². The molecule has 2 amide bonds. The molecule has 106 valence electrons. The smallest absolute Gasteiger partial charge is 0.339 e. The maximum atomic E-state index is 12.0. The van der Waals surface area contributed by atoms with Crippen LogP contribution < -0.4 is 5.32 Å². The van der Waals surface area contributed by atoms with Crippen molar-refractivity contribution in [3.8, 4) is 0 Å². The number of aryl methyl sites for hydroxylation is 1. The zero-order valence-electron chi connectivity index (χ0n) is 10.4. The molecule has 1 aromatic rings. The number of carbonyl (C=O) groups is 2. The summed E-state index contributed by atoms with van der Waals surface area (Å²) in [4.78, 5) is 23.0. The molecule has 2 N–H and O–H groups in total. The molecule has 0 bridgehead atoms. The molecule has 0 unspecified atom stereocenters. The van der Waals surface area contributed by atoms with Gasteiger partial charge in [-0.05, 0) is 13.0 Å². The standard InChI is InChI=1S/C11H14F2N2O4/c1-6-8(10(16)17)3-7(19-6)4-14-11(18)15(2)5-9(12)13/h3,9H,4-5H2,1-2H3,(H,14,18)(H,16,17). The van der Waals surface area contributed by atoms with E-state index in [9.17, 15) is 18.4 Å². The Morgan fingerprint density at radius 3 is 2.63 bits per heavy atom. The van der Waals surface area contributed by atoms with E-state index < -0.39 is 25.0 Å². The molecule has 0 saturated heterocycles. The number of nitrogens with one attached hydrogen (secondary N) is 1. The van der Waals surface area contributed by atoms with Gasteiger partial charge in [-0.15, -0.1) is 0 Å². The third-order valence-corrected chi connectivity index (χ3v) is 2.37. The van der Waals surface area contributed by atoms with Gasteiger partial charge in [-0.3, -0.25) is 0 Å². The highest BCUT2D eigenvalue weighted by Gasteiger charge is 2.16. The highest BCUT2D eigenvalue weighted by Crippen LogP contribution is 2.14. The summed E-state index contributed by atoms with van der Waals surface area (Å²) in [5, 5.41) is 11.2. The summed E-state index contributed by atoms with van der Waals surface area (Å²) < 4.78 is 29.2. The minimum Gasteiger partial charge on any atom is -0.478 e. The minimum atomic E-state index is -2.61. The highest BCUT2D eigenvalue weighted by atomic mass is 19.3. The summed E-state index contributed by atoms with van der Waals surface area (Å²) in [6, 6.07) is 0.594. The van der Waals surface area contributed by atoms with Gasteiger partial charge in [-0.2, -0.15) is 0 Å². The fourth-order valence-electron chi connectivity index (χ4n) is 1.43. The van der Waals surface area contributed by atoms with E-state index in [0.29, 0.717) is 0 Å². The van der Waals surface area contributed by atoms with Crippen molar-refractivity contribution >= 4 is 12.0 Å². The Hall–Kier alpha value is -2.12. The maximum absolute atomic E-state index is 12.0. The molecular formula is C11H14F2N2O4. The summed E-state index contributed by atoms with van der Waals surface area (Å²) in [6.45, 7) is 0.738. The zero-order chi connectivity index (χ0) is 14.6. The first-order valence-corrected chi connectivity index (χ1v) is 5.41. The van der Waals surface area contributed by atoms with Gasteiger partial charge in [-0.1, -0.05) is 0 Å². The van der Waals surface area contributed by atoms with Crippen molar-refractivity contribution in [1.29, 1.82) is 0 Å². The summed E-state index contributed by atoms with van der Waals surface area (Å²) in [5.74, 6) is -0.667. The van der Waals surface area contributed by atoms with Crippen LogP contribution in [0.4, 0.5) is 13.6 Å². The van der Waals surface area contributed by atoms with Gasteiger partial charge in [-0.25, -0.2) is 18.4 Å². The van der Waals surface area contributed by atoms with Gasteiger partial charge in [0.1, 0.15) is 17.1 Å². The number of carbonyl (C=O) groups excluding carboxylic acids is 1. The van der Waals surface area contributed by atoms with E-state index in [1.165, 1.54) is 20.0 Å². The lowest BCUT2D eigenvalue weighted by atomic mass is 10.2. The second kappa shape index (κ2) is 6.17. The first-order chi connectivity index (χ1) is 8.81. The Labute approximate surface area is 108 Å². The summed E-state index contributed by atoms with van der Waals surface area (Å²) in [6.07, 6.45) is -2.61. The number of furan rings is 1. The molecule has 0 spiro atoms. The zero-order valence-corrected chi connectivity index (χ0v) is 10.4. The van der Waals surface area contributed by atoms with Crippen LogP contribution in [0.5, 0.6) is 0 Å². The Kier molecular flexibility index (Phi) is 4.85. The molecule has 0 aliphatic rings. The topological polar surface area (TPSA) is 82.8 Å². The van der Waals surface area contributed by atoms with Crippen molar-refractivity contribution in [2.75, 3.05) is 13.6 Å². The number of amides is 2. The van der Waals surface area contributed by atoms with Crippen LogP contribution in [-0.4, -0.2) is 42.0 Å². The van der Waals surface area contributed by atoms with E-state index >= 15 is 0 Å². The fourth-order valence-corrected chi connectivity index (χ4v) is 1.43. The Bertz CT molecular complexity index is 473. The first kappa shape index (κ1) is 14.9. The van der Waals surface area contributed by atoms with Crippen LogP contribution in [-0.2, 0) is 6.54 Å². The lowest BCUT2D eigenvalue weighted by Crippen LogP contribution is -2.39. The molecular weight excluding hydrogens is 262 g/mol. The van der Waals surface area contributed by atoms with Crippen LogP contribution in [0.2, 0.25) is 0 Å². The number of urea groups is 1. The lowest BCUT2D eigenvalue weighted by molar-refractivity contribution is 0.0695. The predicted octanol–water partition coefficient (Wildman–Crippen LogP) is 1.69. The number of rotatable bonds is 5. The number of alkyl halides is 2. The number of hydrogen-bond acceptors (Lipinski definition) is 3. The molecule has 0 saturated carbocycles. The minimum absolute atomic E-state index is 0.00480. The molecule has 6 nitrogen and oxygen atoms in total. The van der Waals surface area contributed by atoms with Gasteiger partial charge in [0.2, 0.25) is 0 Å². The highest BCUT2D eigenvalue weighted by molar-refractivity contribution is 5.88. The van der Waals surface area contributed by atoms with Crippen LogP contribution in [0.1, 0.15) is 21.9 Å². The number of nitrogens with zero attached hydrogens (tertiary/aromatic N) is 1. The van der Waals surface area contributed by atoms with Crippen LogP contribution in [0, 0.1) is 6.92 Å². The molecule has 0 aliphatic carbocycles. The van der Waals surface area contributed by atoms with Crippen molar-refractivity contribution in [1.82, 2.24) is 10.2 Å². The summed E-state index contributed by atoms with van der Waals surface area (Å²) in [5.41, 5.74) is 0.00480. The maximum Gasteiger partial charge on any atom is 0.339 e. The van der Waals surface area contributed by atoms with Crippen LogP contribution in [0.15, 0.2) is 10.5 Å². The van der Waals surface area contributed by atoms with Gasteiger partial charge in [0.05, 0.1) is 13.1 Å². The average Bonchev–Trinajstić information content (AvgIpc) is 2.66. The Morgan fingerprint density at radius 2 is 2.16 bits per heavy atom. The normalized spacial score (nSPS) is 10.6. The molecule has 19 heavy (non-hydrogen) atoms. The van der Waals surface area contributed by atoms with E-state index in [-0.39, 0.29) is 23.6 Å². The van der Waals surface area contributed by atoms with Crippen molar-refractivity contribution in [3.05, 3.63) is 23.2 Å². The third-order valence-electron chi connectivity index (χ3n) is 2.37. The van der Waals surface area contributed by atoms with Crippen molar-refractivity contribution in [2.24, 2.45) is 0 Å². The lowest BCUT2D eigenvalue weighted by Gasteiger charge is -2.16.